The van der Waals surface area contributed by atoms with E-state index in [9.17, 15) is 0 Å². The molecule has 0 radical (unpaired) electrons. The third-order valence-corrected chi connectivity index (χ3v) is 2.11. The predicted octanol–water partition coefficient (Wildman–Crippen LogP) is 1.80. The van der Waals surface area contributed by atoms with E-state index < -0.39 is 0 Å². The molecule has 1 aromatic rings. The number of hydrogen-bond acceptors (Lipinski definition) is 5. The van der Waals surface area contributed by atoms with Gasteiger partial charge in [-0.3, -0.25) is 0 Å². The average molecular weight is 248 g/mol. The van der Waals surface area contributed by atoms with E-state index in [1.54, 1.807) is 0 Å². The van der Waals surface area contributed by atoms with Gasteiger partial charge in [-0.05, 0) is 15.9 Å². The maximum atomic E-state index is 5.64. The number of rotatable bonds is 2. The molecule has 0 aliphatic carbocycles. The van der Waals surface area contributed by atoms with Crippen LogP contribution in [0.2, 0.25) is 0 Å². The van der Waals surface area contributed by atoms with Crippen LogP contribution in [-0.4, -0.2) is 12.1 Å². The van der Waals surface area contributed by atoms with E-state index in [1.807, 2.05) is 0 Å². The predicted molar refractivity (Wildman–Crippen MR) is 52.4 cm³/mol. The molecular weight excluding hydrogens is 242 g/mol. The SMILES string of the molecule is COc1ncc(Br)c(N)c1N=S. The number of hydrogen-bond donors (Lipinski definition) is 1. The topological polar surface area (TPSA) is 60.5 Å². The lowest BCUT2D eigenvalue weighted by Gasteiger charge is -2.05. The molecule has 0 saturated heterocycles. The molecule has 0 amide bonds. The normalized spacial score (nSPS) is 9.50. The highest BCUT2D eigenvalue weighted by atomic mass is 79.9. The van der Waals surface area contributed by atoms with Gasteiger partial charge in [-0.15, -0.1) is 0 Å². The molecule has 0 aliphatic heterocycles. The van der Waals surface area contributed by atoms with E-state index in [2.05, 4.69) is 37.7 Å². The second-order valence-electron chi connectivity index (χ2n) is 1.97. The van der Waals surface area contributed by atoms with E-state index in [1.165, 1.54) is 13.3 Å². The van der Waals surface area contributed by atoms with Crippen LogP contribution in [0.25, 0.3) is 0 Å². The second kappa shape index (κ2) is 3.77. The van der Waals surface area contributed by atoms with Crippen LogP contribution < -0.4 is 10.5 Å². The Hall–Kier alpha value is -0.750. The van der Waals surface area contributed by atoms with Gasteiger partial charge in [0.15, 0.2) is 5.69 Å². The second-order valence-corrected chi connectivity index (χ2v) is 3.01. The standard InChI is InChI=1S/C6H6BrN3OS/c1-11-6-5(10-12)4(8)3(7)2-9-6/h2H,1H3,(H2,8,9). The molecule has 0 saturated carbocycles. The maximum absolute atomic E-state index is 5.64. The minimum Gasteiger partial charge on any atom is -0.479 e. The number of anilines is 1. The summed E-state index contributed by atoms with van der Waals surface area (Å²) in [5.41, 5.74) is 6.47. The Morgan fingerprint density at radius 2 is 2.42 bits per heavy atom. The van der Waals surface area contributed by atoms with Crippen LogP contribution in [0.3, 0.4) is 0 Å². The first-order valence-corrected chi connectivity index (χ1v) is 4.17. The van der Waals surface area contributed by atoms with Crippen molar-refractivity contribution in [3.05, 3.63) is 10.7 Å². The van der Waals surface area contributed by atoms with Gasteiger partial charge in [0.25, 0.3) is 0 Å². The molecule has 12 heavy (non-hydrogen) atoms. The van der Waals surface area contributed by atoms with E-state index >= 15 is 0 Å². The molecule has 0 bridgehead atoms. The van der Waals surface area contributed by atoms with Gasteiger partial charge in [0.05, 0.1) is 17.3 Å². The van der Waals surface area contributed by atoms with Gasteiger partial charge in [-0.2, -0.15) is 4.36 Å². The zero-order valence-electron chi connectivity index (χ0n) is 6.24. The summed E-state index contributed by atoms with van der Waals surface area (Å²) in [6, 6.07) is 0. The number of methoxy groups -OCH3 is 1. The number of aromatic nitrogens is 1. The molecule has 0 aliphatic rings. The summed E-state index contributed by atoms with van der Waals surface area (Å²) >= 11 is 7.72. The molecule has 0 unspecified atom stereocenters. The van der Waals surface area contributed by atoms with Gasteiger partial charge in [0.2, 0.25) is 5.88 Å². The minimum atomic E-state index is 0.339. The Labute approximate surface area is 83.4 Å². The third kappa shape index (κ3) is 1.54. The molecule has 0 aromatic carbocycles. The Bertz CT molecular complexity index is 318. The van der Waals surface area contributed by atoms with E-state index in [4.69, 9.17) is 10.5 Å². The average Bonchev–Trinajstić information content (AvgIpc) is 2.09. The van der Waals surface area contributed by atoms with Crippen LogP contribution in [0.15, 0.2) is 15.0 Å². The van der Waals surface area contributed by atoms with Crippen LogP contribution in [0.1, 0.15) is 0 Å². The van der Waals surface area contributed by atoms with Crippen LogP contribution in [0, 0.1) is 0 Å². The Morgan fingerprint density at radius 1 is 1.75 bits per heavy atom. The summed E-state index contributed by atoms with van der Waals surface area (Å²) < 4.78 is 9.10. The molecule has 64 valence electrons. The Balaban J connectivity index is 3.35. The summed E-state index contributed by atoms with van der Waals surface area (Å²) in [7, 11) is 1.49. The molecular formula is C6H6BrN3OS. The highest BCUT2D eigenvalue weighted by molar-refractivity contribution is 9.10. The van der Waals surface area contributed by atoms with Crippen molar-refractivity contribution < 1.29 is 4.74 Å². The number of nitrogen functional groups attached to an aromatic ring is 1. The quantitative estimate of drug-likeness (QED) is 0.866. The van der Waals surface area contributed by atoms with Crippen LogP contribution >= 0.6 is 15.9 Å². The van der Waals surface area contributed by atoms with Crippen LogP contribution in [0.5, 0.6) is 5.88 Å². The van der Waals surface area contributed by atoms with Crippen molar-refractivity contribution >= 4 is 39.7 Å². The summed E-state index contributed by atoms with van der Waals surface area (Å²) in [6.45, 7) is 0. The number of nitrogens with two attached hydrogens (primary N) is 1. The molecule has 1 heterocycles. The minimum absolute atomic E-state index is 0.339. The fourth-order valence-electron chi connectivity index (χ4n) is 0.712. The van der Waals surface area contributed by atoms with Crippen molar-refractivity contribution in [3.8, 4) is 5.88 Å². The number of halogens is 1. The van der Waals surface area contributed by atoms with Gasteiger partial charge in [0, 0.05) is 18.6 Å². The van der Waals surface area contributed by atoms with Crippen molar-refractivity contribution in [1.82, 2.24) is 4.98 Å². The van der Waals surface area contributed by atoms with Crippen LogP contribution in [0.4, 0.5) is 11.4 Å². The fourth-order valence-corrected chi connectivity index (χ4v) is 1.18. The van der Waals surface area contributed by atoms with E-state index in [0.29, 0.717) is 21.7 Å². The van der Waals surface area contributed by atoms with Gasteiger partial charge in [-0.25, -0.2) is 4.98 Å². The van der Waals surface area contributed by atoms with Crippen molar-refractivity contribution in [1.29, 1.82) is 0 Å². The molecule has 4 nitrogen and oxygen atoms in total. The third-order valence-electron chi connectivity index (χ3n) is 1.29. The summed E-state index contributed by atoms with van der Waals surface area (Å²) in [5.74, 6) is 0.339. The first-order chi connectivity index (χ1) is 5.70. The molecule has 1 rings (SSSR count). The van der Waals surface area contributed by atoms with Crippen molar-refractivity contribution in [2.45, 2.75) is 0 Å². The first kappa shape index (κ1) is 9.34. The number of ether oxygens (including phenoxy) is 1. The van der Waals surface area contributed by atoms with Crippen molar-refractivity contribution in [3.63, 3.8) is 0 Å². The summed E-state index contributed by atoms with van der Waals surface area (Å²) in [6.07, 6.45) is 1.54. The Morgan fingerprint density at radius 3 is 2.92 bits per heavy atom. The van der Waals surface area contributed by atoms with Crippen LogP contribution in [-0.2, 0) is 12.4 Å². The van der Waals surface area contributed by atoms with Crippen molar-refractivity contribution in [2.75, 3.05) is 12.8 Å². The highest BCUT2D eigenvalue weighted by Gasteiger charge is 2.10. The molecule has 0 atom stereocenters. The first-order valence-electron chi connectivity index (χ1n) is 3.02. The van der Waals surface area contributed by atoms with Crippen molar-refractivity contribution in [2.24, 2.45) is 4.36 Å². The monoisotopic (exact) mass is 247 g/mol. The smallest absolute Gasteiger partial charge is 0.243 e. The molecule has 6 heteroatoms. The lowest BCUT2D eigenvalue weighted by molar-refractivity contribution is 0.399. The van der Waals surface area contributed by atoms with Gasteiger partial charge < -0.3 is 10.5 Å². The van der Waals surface area contributed by atoms with Gasteiger partial charge in [0.1, 0.15) is 0 Å². The lowest BCUT2D eigenvalue weighted by Crippen LogP contribution is -1.93. The maximum Gasteiger partial charge on any atom is 0.243 e. The molecule has 1 aromatic heterocycles. The highest BCUT2D eigenvalue weighted by Crippen LogP contribution is 2.35. The number of pyridine rings is 1. The van der Waals surface area contributed by atoms with E-state index in [-0.39, 0.29) is 0 Å². The van der Waals surface area contributed by atoms with Gasteiger partial charge in [-0.1, -0.05) is 0 Å². The fraction of sp³-hybridized carbons (Fsp3) is 0.167. The number of nitrogens with zero attached hydrogens (tertiary/aromatic N) is 2. The molecule has 0 fully saturated rings. The van der Waals surface area contributed by atoms with E-state index in [0.717, 1.165) is 0 Å². The molecule has 0 spiro atoms. The Kier molecular flexibility index (Phi) is 2.93. The summed E-state index contributed by atoms with van der Waals surface area (Å²) in [4.78, 5) is 3.92. The zero-order chi connectivity index (χ0) is 9.14. The largest absolute Gasteiger partial charge is 0.479 e. The zero-order valence-corrected chi connectivity index (χ0v) is 8.65. The van der Waals surface area contributed by atoms with Gasteiger partial charge >= 0.3 is 0 Å². The summed E-state index contributed by atoms with van der Waals surface area (Å²) in [5, 5.41) is 0. The molecule has 2 N–H and O–H groups in total. The lowest BCUT2D eigenvalue weighted by atomic mass is 10.3.